The van der Waals surface area contributed by atoms with E-state index in [0.717, 1.165) is 50.9 Å². The molecule has 1 saturated heterocycles. The predicted molar refractivity (Wildman–Crippen MR) is 115 cm³/mol. The summed E-state index contributed by atoms with van der Waals surface area (Å²) >= 11 is 1.69. The highest BCUT2D eigenvalue weighted by Gasteiger charge is 2.24. The number of hydrogen-bond donors (Lipinski definition) is 0. The second-order valence-electron chi connectivity index (χ2n) is 7.21. The highest BCUT2D eigenvalue weighted by molar-refractivity contribution is 7.22. The summed E-state index contributed by atoms with van der Waals surface area (Å²) in [7, 11) is 0. The zero-order valence-electron chi connectivity index (χ0n) is 16.6. The third-order valence-electron chi connectivity index (χ3n) is 4.97. The highest BCUT2D eigenvalue weighted by atomic mass is 32.1. The number of nitrogens with zero attached hydrogens (tertiary/aromatic N) is 3. The number of ether oxygens (including phenoxy) is 1. The number of benzene rings is 2. The molecular weight excluding hydrogens is 370 g/mol. The fourth-order valence-electron chi connectivity index (χ4n) is 3.67. The maximum Gasteiger partial charge on any atom is 0.253 e. The van der Waals surface area contributed by atoms with Crippen LogP contribution < -0.4 is 9.64 Å². The van der Waals surface area contributed by atoms with Crippen molar-refractivity contribution in [2.24, 2.45) is 0 Å². The van der Waals surface area contributed by atoms with E-state index in [1.54, 1.807) is 11.3 Å². The first-order valence-electron chi connectivity index (χ1n) is 9.69. The summed E-state index contributed by atoms with van der Waals surface area (Å²) < 4.78 is 6.72. The summed E-state index contributed by atoms with van der Waals surface area (Å²) in [6, 6.07) is 12.1. The Bertz CT molecular complexity index is 986. The second-order valence-corrected chi connectivity index (χ2v) is 8.22. The highest BCUT2D eigenvalue weighted by Crippen LogP contribution is 2.32. The first-order chi connectivity index (χ1) is 13.5. The molecule has 0 bridgehead atoms. The normalized spacial score (nSPS) is 14.5. The molecule has 0 aliphatic carbocycles. The number of carbonyl (C=O) groups excluding carboxylic acids is 1. The summed E-state index contributed by atoms with van der Waals surface area (Å²) in [6.07, 6.45) is 0. The SMILES string of the molecule is CCOc1ccc2nc(N3CCN(C(=O)c4cc(C)cc(C)c4)CC3)sc2c1. The number of carbonyl (C=O) groups is 1. The van der Waals surface area contributed by atoms with Gasteiger partial charge in [-0.25, -0.2) is 4.98 Å². The molecule has 0 spiro atoms. The lowest BCUT2D eigenvalue weighted by Crippen LogP contribution is -2.48. The molecule has 0 atom stereocenters. The van der Waals surface area contributed by atoms with Crippen LogP contribution in [0.4, 0.5) is 5.13 Å². The molecule has 146 valence electrons. The molecule has 1 aromatic heterocycles. The lowest BCUT2D eigenvalue weighted by atomic mass is 10.1. The zero-order chi connectivity index (χ0) is 19.7. The van der Waals surface area contributed by atoms with E-state index in [9.17, 15) is 4.79 Å². The largest absolute Gasteiger partial charge is 0.494 e. The smallest absolute Gasteiger partial charge is 0.253 e. The lowest BCUT2D eigenvalue weighted by Gasteiger charge is -2.34. The first-order valence-corrected chi connectivity index (χ1v) is 10.5. The van der Waals surface area contributed by atoms with Gasteiger partial charge in [-0.05, 0) is 51.1 Å². The van der Waals surface area contributed by atoms with Crippen LogP contribution in [-0.4, -0.2) is 48.6 Å². The Hall–Kier alpha value is -2.60. The van der Waals surface area contributed by atoms with E-state index in [4.69, 9.17) is 9.72 Å². The fraction of sp³-hybridized carbons (Fsp3) is 0.364. The zero-order valence-corrected chi connectivity index (χ0v) is 17.4. The van der Waals surface area contributed by atoms with Gasteiger partial charge in [-0.3, -0.25) is 4.79 Å². The minimum Gasteiger partial charge on any atom is -0.494 e. The molecule has 1 aliphatic heterocycles. The Labute approximate surface area is 169 Å². The Morgan fingerprint density at radius 3 is 2.46 bits per heavy atom. The summed E-state index contributed by atoms with van der Waals surface area (Å²) in [5.74, 6) is 1.01. The van der Waals surface area contributed by atoms with Gasteiger partial charge in [0.1, 0.15) is 5.75 Å². The summed E-state index contributed by atoms with van der Waals surface area (Å²) in [5, 5.41) is 1.02. The molecule has 0 saturated carbocycles. The van der Waals surface area contributed by atoms with E-state index >= 15 is 0 Å². The lowest BCUT2D eigenvalue weighted by molar-refractivity contribution is 0.0746. The van der Waals surface area contributed by atoms with Crippen LogP contribution in [0.3, 0.4) is 0 Å². The molecule has 1 aliphatic rings. The molecule has 28 heavy (non-hydrogen) atoms. The number of rotatable bonds is 4. The molecule has 0 N–H and O–H groups in total. The third-order valence-corrected chi connectivity index (χ3v) is 6.04. The monoisotopic (exact) mass is 395 g/mol. The van der Waals surface area contributed by atoms with Gasteiger partial charge in [0.2, 0.25) is 0 Å². The van der Waals surface area contributed by atoms with Crippen molar-refractivity contribution >= 4 is 32.6 Å². The maximum atomic E-state index is 12.9. The van der Waals surface area contributed by atoms with Crippen LogP contribution in [0, 0.1) is 13.8 Å². The van der Waals surface area contributed by atoms with Crippen LogP contribution in [0.25, 0.3) is 10.2 Å². The van der Waals surface area contributed by atoms with Gasteiger partial charge in [-0.1, -0.05) is 28.5 Å². The average molecular weight is 396 g/mol. The minimum absolute atomic E-state index is 0.122. The van der Waals surface area contributed by atoms with Crippen molar-refractivity contribution in [3.05, 3.63) is 53.1 Å². The van der Waals surface area contributed by atoms with Gasteiger partial charge < -0.3 is 14.5 Å². The number of aromatic nitrogens is 1. The van der Waals surface area contributed by atoms with Crippen molar-refractivity contribution in [1.82, 2.24) is 9.88 Å². The molecule has 4 rings (SSSR count). The molecular formula is C22H25N3O2S. The number of fused-ring (bicyclic) bond motifs is 1. The molecule has 0 unspecified atom stereocenters. The van der Waals surface area contributed by atoms with Crippen molar-refractivity contribution in [3.8, 4) is 5.75 Å². The summed E-state index contributed by atoms with van der Waals surface area (Å²) in [4.78, 5) is 21.9. The molecule has 1 fully saturated rings. The molecule has 2 heterocycles. The standard InChI is InChI=1S/C22H25N3O2S/c1-4-27-18-5-6-19-20(14-18)28-22(23-19)25-9-7-24(8-10-25)21(26)17-12-15(2)11-16(3)13-17/h5-6,11-14H,4,7-10H2,1-3H3. The third kappa shape index (κ3) is 3.83. The van der Waals surface area contributed by atoms with Crippen molar-refractivity contribution < 1.29 is 9.53 Å². The first kappa shape index (κ1) is 18.7. The average Bonchev–Trinajstić information content (AvgIpc) is 3.10. The quantitative estimate of drug-likeness (QED) is 0.662. The summed E-state index contributed by atoms with van der Waals surface area (Å²) in [5.41, 5.74) is 4.04. The molecule has 2 aromatic carbocycles. The van der Waals surface area contributed by atoms with Crippen LogP contribution in [-0.2, 0) is 0 Å². The van der Waals surface area contributed by atoms with Crippen molar-refractivity contribution in [1.29, 1.82) is 0 Å². The number of piperazine rings is 1. The van der Waals surface area contributed by atoms with Crippen molar-refractivity contribution in [3.63, 3.8) is 0 Å². The van der Waals surface area contributed by atoms with Crippen LogP contribution in [0.1, 0.15) is 28.4 Å². The van der Waals surface area contributed by atoms with Gasteiger partial charge in [0.05, 0.1) is 16.8 Å². The van der Waals surface area contributed by atoms with Gasteiger partial charge in [-0.15, -0.1) is 0 Å². The van der Waals surface area contributed by atoms with E-state index in [1.165, 1.54) is 0 Å². The van der Waals surface area contributed by atoms with E-state index in [2.05, 4.69) is 17.0 Å². The molecule has 5 nitrogen and oxygen atoms in total. The van der Waals surface area contributed by atoms with E-state index < -0.39 is 0 Å². The number of aryl methyl sites for hydroxylation is 2. The number of hydrogen-bond acceptors (Lipinski definition) is 5. The fourth-order valence-corrected chi connectivity index (χ4v) is 4.71. The summed E-state index contributed by atoms with van der Waals surface area (Å²) in [6.45, 7) is 9.74. The topological polar surface area (TPSA) is 45.7 Å². The Balaban J connectivity index is 1.45. The van der Waals surface area contributed by atoms with E-state index in [0.29, 0.717) is 19.7 Å². The molecule has 6 heteroatoms. The predicted octanol–water partition coefficient (Wildman–Crippen LogP) is 4.27. The van der Waals surface area contributed by atoms with Gasteiger partial charge in [0.15, 0.2) is 5.13 Å². The minimum atomic E-state index is 0.122. The van der Waals surface area contributed by atoms with Crippen LogP contribution in [0.2, 0.25) is 0 Å². The molecule has 1 amide bonds. The van der Waals surface area contributed by atoms with Gasteiger partial charge in [0.25, 0.3) is 5.91 Å². The molecule has 3 aromatic rings. The van der Waals surface area contributed by atoms with Crippen molar-refractivity contribution in [2.45, 2.75) is 20.8 Å². The van der Waals surface area contributed by atoms with E-state index in [-0.39, 0.29) is 5.91 Å². The number of thiazole rings is 1. The second kappa shape index (κ2) is 7.80. The Morgan fingerprint density at radius 1 is 1.07 bits per heavy atom. The maximum absolute atomic E-state index is 12.9. The van der Waals surface area contributed by atoms with Crippen LogP contribution >= 0.6 is 11.3 Å². The number of anilines is 1. The van der Waals surface area contributed by atoms with Gasteiger partial charge in [-0.2, -0.15) is 0 Å². The number of amides is 1. The van der Waals surface area contributed by atoms with Gasteiger partial charge in [0, 0.05) is 31.7 Å². The van der Waals surface area contributed by atoms with E-state index in [1.807, 2.05) is 49.9 Å². The van der Waals surface area contributed by atoms with Crippen LogP contribution in [0.15, 0.2) is 36.4 Å². The Kier molecular flexibility index (Phi) is 5.22. The Morgan fingerprint density at radius 2 is 1.79 bits per heavy atom. The van der Waals surface area contributed by atoms with Gasteiger partial charge >= 0.3 is 0 Å². The van der Waals surface area contributed by atoms with Crippen LogP contribution in [0.5, 0.6) is 5.75 Å². The molecule has 0 radical (unpaired) electrons. The van der Waals surface area contributed by atoms with Crippen molar-refractivity contribution in [2.75, 3.05) is 37.7 Å².